The van der Waals surface area contributed by atoms with Crippen molar-refractivity contribution in [1.29, 1.82) is 0 Å². The molecule has 12 heterocycles. The van der Waals surface area contributed by atoms with Gasteiger partial charge in [-0.25, -0.2) is 0 Å². The first-order chi connectivity index (χ1) is 70.6. The Labute approximate surface area is 889 Å². The molecule has 7 unspecified atom stereocenters. The number of hydrogen-bond donors (Lipinski definition) is 5. The van der Waals surface area contributed by atoms with Crippen LogP contribution in [0.15, 0.2) is 219 Å². The predicted octanol–water partition coefficient (Wildman–Crippen LogP) is 26.9. The maximum atomic E-state index is 12.9. The number of likely N-dealkylation sites (tertiary alicyclic amines) is 1. The van der Waals surface area contributed by atoms with Gasteiger partial charge in [-0.15, -0.1) is 0 Å². The number of nitrogens with one attached hydrogen (secondary N) is 5. The van der Waals surface area contributed by atoms with Gasteiger partial charge in [-0.1, -0.05) is 202 Å². The fraction of sp³-hybridized carbons (Fsp3) is 0.292. The highest BCUT2D eigenvalue weighted by Crippen LogP contribution is 2.41. The predicted molar refractivity (Wildman–Crippen MR) is 589 cm³/mol. The standard InChI is InChI=1S/C29H29Cl2N5O2.C29H30Cl2N4O2.C29H30Cl2N4O.C26H25Cl2N5O2/c1-19(29-25(30)16-32-17-26(29)31)38-23-8-10-28-24(15-23)27(33-34-28)9-7-21-3-5-22(6-4-21)18-35-11-13-36(14-12-35)20(2)37;1-18-15-35(16-19(2)36-18)17-22-6-4-21(5-7-22)8-10-27-24-12-23(9-11-28(24)34-33-27)37-20(3)29-25(30)13-32-14-26(29)31;1-19-5-3-4-14-35(19)18-22-8-6-21(7-9-22)10-12-27-24-15-23(11-13-28(24)34-33-27)36-20(2)29-25(30)16-32-17-26(29)31;1-15-14-33(10-9-30-15)26(34)18-5-3-17(4-6-18)25-20-11-19(7-8-23(20)31-32-25)35-16(2)24-21(27)12-29-13-22(24)28/h3-10,15-17,19H,11-14,18H2,1-2H3,(H,33,34);4-14,18-20H,15-17H2,1-3H3,(H,33,34);6-13,15-17,19-20H,3-5,14,18H2,1-2H3,(H,33,34);3-8,11-13,15-16,30H,9-10,14H2,1-2H3,(H,31,32)/b9-7+;10-8+;12-10+;/t;;19-,20?;/m..0./s1. The second-order valence-electron chi connectivity index (χ2n) is 37.3. The Kier molecular flexibility index (Phi) is 35.3. The molecule has 25 nitrogen and oxygen atoms in total. The van der Waals surface area contributed by atoms with Gasteiger partial charge >= 0.3 is 0 Å². The largest absolute Gasteiger partial charge is 0.486 e. The van der Waals surface area contributed by atoms with Gasteiger partial charge < -0.3 is 38.8 Å². The molecular weight excluding hydrogens is 2000 g/mol. The summed E-state index contributed by atoms with van der Waals surface area (Å²) in [6.07, 6.45) is 27.9. The number of fused-ring (bicyclic) bond motifs is 4. The number of halogens is 8. The molecule has 0 aliphatic carbocycles. The van der Waals surface area contributed by atoms with Crippen LogP contribution in [-0.4, -0.2) is 187 Å². The Balaban J connectivity index is 0.000000133. The molecule has 33 heteroatoms. The van der Waals surface area contributed by atoms with Crippen LogP contribution in [0.2, 0.25) is 40.2 Å². The molecule has 0 radical (unpaired) electrons. The van der Waals surface area contributed by atoms with Crippen molar-refractivity contribution in [3.8, 4) is 34.3 Å². The topological polar surface area (TPSA) is 275 Å². The number of nitrogens with zero attached hydrogens (tertiary/aromatic N) is 13. The third-order valence-corrected chi connectivity index (χ3v) is 28.8. The van der Waals surface area contributed by atoms with Crippen molar-refractivity contribution < 1.29 is 33.3 Å². The van der Waals surface area contributed by atoms with Gasteiger partial charge in [-0.05, 0) is 211 Å². The van der Waals surface area contributed by atoms with E-state index in [0.717, 1.165) is 160 Å². The number of amides is 2. The molecule has 4 aliphatic rings. The molecule has 8 aromatic heterocycles. The first-order valence-corrected chi connectivity index (χ1v) is 51.9. The third-order valence-electron chi connectivity index (χ3n) is 26.4. The van der Waals surface area contributed by atoms with Gasteiger partial charge in [0.2, 0.25) is 5.91 Å². The smallest absolute Gasteiger partial charge is 0.253 e. The first-order valence-electron chi connectivity index (χ1n) is 48.9. The van der Waals surface area contributed by atoms with Gasteiger partial charge in [-0.3, -0.25) is 64.6 Å². The quantitative estimate of drug-likeness (QED) is 0.0337. The number of aromatic amines is 4. The lowest BCUT2D eigenvalue weighted by molar-refractivity contribution is -0.130. The zero-order chi connectivity index (χ0) is 102. The van der Waals surface area contributed by atoms with Gasteiger partial charge in [-0.2, -0.15) is 20.4 Å². The Hall–Kier alpha value is -12.3. The van der Waals surface area contributed by atoms with Crippen LogP contribution in [0.1, 0.15) is 189 Å². The molecule has 8 aromatic carbocycles. The number of pyridine rings is 4. The molecule has 4 saturated heterocycles. The molecule has 146 heavy (non-hydrogen) atoms. The second kappa shape index (κ2) is 49.0. The van der Waals surface area contributed by atoms with Crippen LogP contribution >= 0.6 is 92.8 Å². The van der Waals surface area contributed by atoms with Crippen molar-refractivity contribution in [2.45, 2.75) is 150 Å². The second-order valence-corrected chi connectivity index (χ2v) is 40.6. The highest BCUT2D eigenvalue weighted by Gasteiger charge is 2.29. The van der Waals surface area contributed by atoms with Crippen LogP contribution in [0.4, 0.5) is 0 Å². The zero-order valence-electron chi connectivity index (χ0n) is 82.4. The van der Waals surface area contributed by atoms with E-state index in [4.69, 9.17) is 116 Å². The van der Waals surface area contributed by atoms with E-state index in [2.05, 4.69) is 199 Å². The van der Waals surface area contributed by atoms with E-state index in [1.165, 1.54) is 42.5 Å². The van der Waals surface area contributed by atoms with E-state index in [1.807, 2.05) is 153 Å². The lowest BCUT2D eigenvalue weighted by Crippen LogP contribution is -2.51. The SMILES string of the molecule is CC(=O)N1CCN(Cc2ccc(/C=C/c3n[nH]c4ccc(OC(C)c5c(Cl)cncc5Cl)cc34)cc2)CC1.CC(Oc1ccc2[nH]nc(/C=C/c3ccc(CN4CCCC[C@@H]4C)cc3)c2c1)c1c(Cl)cncc1Cl.CC1CN(C(=O)c2ccc(-c3n[nH]c4ccc(OC(C)c5c(Cl)cncc5Cl)cc34)cc2)CCN1.CC1CN(Cc2ccc(/C=C/c3n[nH]c4ccc(OC(C)c5c(Cl)cncc5Cl)cc34)cc2)CC(C)O1. The summed E-state index contributed by atoms with van der Waals surface area (Å²) in [5.74, 6) is 2.98. The molecule has 16 aromatic rings. The Morgan fingerprint density at radius 2 is 0.747 bits per heavy atom. The van der Waals surface area contributed by atoms with Gasteiger partial charge in [0, 0.05) is 202 Å². The normalized spacial score (nSPS) is 17.3. The zero-order valence-corrected chi connectivity index (χ0v) is 88.4. The van der Waals surface area contributed by atoms with E-state index in [0.29, 0.717) is 111 Å². The van der Waals surface area contributed by atoms with E-state index >= 15 is 0 Å². The van der Waals surface area contributed by atoms with Gasteiger partial charge in [0.15, 0.2) is 0 Å². The summed E-state index contributed by atoms with van der Waals surface area (Å²) >= 11 is 50.4. The average Bonchev–Trinajstić information content (AvgIpc) is 1.67. The number of carbonyl (C=O) groups excluding carboxylic acids is 2. The number of H-pyrrole nitrogens is 4. The fourth-order valence-electron chi connectivity index (χ4n) is 18.8. The first kappa shape index (κ1) is 105. The summed E-state index contributed by atoms with van der Waals surface area (Å²) in [7, 11) is 0. The van der Waals surface area contributed by atoms with Crippen LogP contribution in [0.5, 0.6) is 23.0 Å². The minimum atomic E-state index is -0.371. The monoisotopic (exact) mass is 2110 g/mol. The fourth-order valence-corrected chi connectivity index (χ4v) is 21.5. The van der Waals surface area contributed by atoms with E-state index in [9.17, 15) is 9.59 Å². The number of carbonyl (C=O) groups is 2. The highest BCUT2D eigenvalue weighted by atomic mass is 35.5. The molecular formula is C113H114Cl8N18O7. The van der Waals surface area contributed by atoms with Crippen molar-refractivity contribution in [2.24, 2.45) is 0 Å². The number of morpholine rings is 1. The number of piperidine rings is 1. The molecule has 4 fully saturated rings. The molecule has 0 bridgehead atoms. The molecule has 2 amide bonds. The Bertz CT molecular complexity index is 7230. The third kappa shape index (κ3) is 26.8. The van der Waals surface area contributed by atoms with E-state index in [1.54, 1.807) is 56.5 Å². The summed E-state index contributed by atoms with van der Waals surface area (Å²) in [4.78, 5) is 51.7. The van der Waals surface area contributed by atoms with Crippen molar-refractivity contribution in [3.63, 3.8) is 0 Å². The number of piperazine rings is 2. The lowest BCUT2D eigenvalue weighted by Gasteiger charge is -2.35. The van der Waals surface area contributed by atoms with Crippen molar-refractivity contribution >= 4 is 185 Å². The molecule has 0 spiro atoms. The number of rotatable bonds is 26. The summed E-state index contributed by atoms with van der Waals surface area (Å²) < 4.78 is 30.5. The van der Waals surface area contributed by atoms with Gasteiger partial charge in [0.25, 0.3) is 5.91 Å². The summed E-state index contributed by atoms with van der Waals surface area (Å²) in [6, 6.07) is 57.8. The maximum absolute atomic E-state index is 12.9. The Morgan fingerprint density at radius 3 is 1.12 bits per heavy atom. The number of benzene rings is 8. The molecule has 20 rings (SSSR count). The molecule has 4 aliphatic heterocycles. The van der Waals surface area contributed by atoms with E-state index in [-0.39, 0.29) is 48.4 Å². The van der Waals surface area contributed by atoms with Crippen molar-refractivity contribution in [1.82, 2.24) is 90.5 Å². The minimum Gasteiger partial charge on any atom is -0.486 e. The van der Waals surface area contributed by atoms with Crippen LogP contribution < -0.4 is 24.3 Å². The van der Waals surface area contributed by atoms with Crippen LogP contribution in [0.25, 0.3) is 91.3 Å². The minimum absolute atomic E-state index is 0.0508. The highest BCUT2D eigenvalue weighted by molar-refractivity contribution is 6.37. The molecule has 5 N–H and O–H groups in total. The van der Waals surface area contributed by atoms with Gasteiger partial charge in [0.05, 0.1) is 91.5 Å². The molecule has 8 atom stereocenters. The van der Waals surface area contributed by atoms with Crippen molar-refractivity contribution in [3.05, 3.63) is 338 Å². The van der Waals surface area contributed by atoms with Crippen LogP contribution in [-0.2, 0) is 29.2 Å². The summed E-state index contributed by atoms with van der Waals surface area (Å²) in [5.41, 5.74) is 18.7. The number of hydrogen-bond acceptors (Lipinski definition) is 19. The summed E-state index contributed by atoms with van der Waals surface area (Å²) in [5, 5.41) is 41.3. The Morgan fingerprint density at radius 1 is 0.390 bits per heavy atom. The van der Waals surface area contributed by atoms with Crippen LogP contribution in [0.3, 0.4) is 0 Å². The maximum Gasteiger partial charge on any atom is 0.253 e. The number of aromatic nitrogens is 12. The van der Waals surface area contributed by atoms with Crippen molar-refractivity contribution in [2.75, 3.05) is 65.4 Å². The average molecular weight is 2120 g/mol. The van der Waals surface area contributed by atoms with Gasteiger partial charge in [0.1, 0.15) is 53.1 Å². The molecule has 0 saturated carbocycles. The summed E-state index contributed by atoms with van der Waals surface area (Å²) in [6.45, 7) is 29.6. The molecule has 754 valence electrons. The van der Waals surface area contributed by atoms with E-state index < -0.39 is 0 Å². The van der Waals surface area contributed by atoms with Crippen LogP contribution in [0, 0.1) is 0 Å². The lowest BCUT2D eigenvalue weighted by atomic mass is 10.0. The number of ether oxygens (including phenoxy) is 5.